The first-order chi connectivity index (χ1) is 12.3. The number of aromatic nitrogens is 2. The highest BCUT2D eigenvalue weighted by molar-refractivity contribution is 5.47. The molecular formula is C19H25N3O3. The Morgan fingerprint density at radius 2 is 2.08 bits per heavy atom. The average molecular weight is 343 g/mol. The van der Waals surface area contributed by atoms with Gasteiger partial charge >= 0.3 is 0 Å². The lowest BCUT2D eigenvalue weighted by Crippen LogP contribution is -2.26. The third kappa shape index (κ3) is 3.95. The van der Waals surface area contributed by atoms with E-state index < -0.39 is 0 Å². The summed E-state index contributed by atoms with van der Waals surface area (Å²) in [6.45, 7) is 4.09. The molecule has 2 atom stereocenters. The maximum atomic E-state index is 5.90. The van der Waals surface area contributed by atoms with Gasteiger partial charge in [0.1, 0.15) is 0 Å². The van der Waals surface area contributed by atoms with Crippen LogP contribution >= 0.6 is 0 Å². The van der Waals surface area contributed by atoms with Crippen molar-refractivity contribution in [2.45, 2.75) is 51.6 Å². The highest BCUT2D eigenvalue weighted by atomic mass is 16.5. The predicted octanol–water partition coefficient (Wildman–Crippen LogP) is 3.04. The number of nitrogens with one attached hydrogen (secondary N) is 1. The van der Waals surface area contributed by atoms with E-state index in [9.17, 15) is 0 Å². The number of aryl methyl sites for hydroxylation is 1. The summed E-state index contributed by atoms with van der Waals surface area (Å²) in [6, 6.07) is 6.67. The highest BCUT2D eigenvalue weighted by Crippen LogP contribution is 2.34. The van der Waals surface area contributed by atoms with Crippen LogP contribution in [-0.4, -0.2) is 29.5 Å². The van der Waals surface area contributed by atoms with Crippen LogP contribution in [0.3, 0.4) is 0 Å². The lowest BCUT2D eigenvalue weighted by molar-refractivity contribution is 0.295. The van der Waals surface area contributed by atoms with E-state index in [0.717, 1.165) is 56.4 Å². The van der Waals surface area contributed by atoms with Crippen LogP contribution in [0.2, 0.25) is 0 Å². The Morgan fingerprint density at radius 3 is 2.96 bits per heavy atom. The predicted molar refractivity (Wildman–Crippen MR) is 92.8 cm³/mol. The zero-order valence-electron chi connectivity index (χ0n) is 14.7. The van der Waals surface area contributed by atoms with Gasteiger partial charge in [-0.05, 0) is 31.2 Å². The van der Waals surface area contributed by atoms with Crippen LogP contribution in [0.25, 0.3) is 0 Å². The van der Waals surface area contributed by atoms with Gasteiger partial charge < -0.3 is 19.2 Å². The van der Waals surface area contributed by atoms with Crippen molar-refractivity contribution in [1.29, 1.82) is 0 Å². The molecule has 1 fully saturated rings. The third-order valence-electron chi connectivity index (χ3n) is 5.01. The Kier molecular flexibility index (Phi) is 4.88. The fraction of sp³-hybridized carbons (Fsp3) is 0.579. The topological polar surface area (TPSA) is 69.4 Å². The summed E-state index contributed by atoms with van der Waals surface area (Å²) in [5.74, 6) is 3.80. The van der Waals surface area contributed by atoms with Gasteiger partial charge in [-0.2, -0.15) is 0 Å². The summed E-state index contributed by atoms with van der Waals surface area (Å²) in [6.07, 6.45) is 5.35. The molecule has 0 amide bonds. The average Bonchev–Trinajstić information content (AvgIpc) is 3.15. The van der Waals surface area contributed by atoms with Gasteiger partial charge in [0.05, 0.1) is 13.2 Å². The Hall–Kier alpha value is -2.08. The second-order valence-corrected chi connectivity index (χ2v) is 6.97. The highest BCUT2D eigenvalue weighted by Gasteiger charge is 2.26. The summed E-state index contributed by atoms with van der Waals surface area (Å²) in [5.41, 5.74) is 1.18. The molecule has 1 N–H and O–H groups in total. The van der Waals surface area contributed by atoms with Crippen molar-refractivity contribution in [3.8, 4) is 11.5 Å². The van der Waals surface area contributed by atoms with Crippen LogP contribution in [0.4, 0.5) is 0 Å². The van der Waals surface area contributed by atoms with Gasteiger partial charge in [0.15, 0.2) is 11.5 Å². The van der Waals surface area contributed by atoms with Crippen molar-refractivity contribution >= 4 is 0 Å². The number of fused-ring (bicyclic) bond motifs is 1. The van der Waals surface area contributed by atoms with E-state index in [1.54, 1.807) is 0 Å². The number of hydrogen-bond acceptors (Lipinski definition) is 6. The Morgan fingerprint density at radius 1 is 1.16 bits per heavy atom. The van der Waals surface area contributed by atoms with Crippen LogP contribution in [0.1, 0.15) is 43.0 Å². The van der Waals surface area contributed by atoms with Crippen LogP contribution in [-0.2, 0) is 13.0 Å². The van der Waals surface area contributed by atoms with Crippen molar-refractivity contribution in [1.82, 2.24) is 15.5 Å². The summed E-state index contributed by atoms with van der Waals surface area (Å²) < 4.78 is 17.2. The summed E-state index contributed by atoms with van der Waals surface area (Å²) >= 11 is 0. The van der Waals surface area contributed by atoms with Gasteiger partial charge in [-0.3, -0.25) is 0 Å². The van der Waals surface area contributed by atoms with E-state index >= 15 is 0 Å². The summed E-state index contributed by atoms with van der Waals surface area (Å²) in [5, 5.41) is 11.7. The number of benzene rings is 1. The van der Waals surface area contributed by atoms with Crippen molar-refractivity contribution in [2.75, 3.05) is 13.2 Å². The fourth-order valence-electron chi connectivity index (χ4n) is 3.76. The molecule has 0 unspecified atom stereocenters. The second kappa shape index (κ2) is 7.44. The molecule has 0 spiro atoms. The smallest absolute Gasteiger partial charge is 0.216 e. The van der Waals surface area contributed by atoms with Gasteiger partial charge in [-0.15, -0.1) is 10.2 Å². The Bertz CT molecular complexity index is 716. The molecule has 134 valence electrons. The molecule has 1 aliphatic carbocycles. The van der Waals surface area contributed by atoms with E-state index in [1.165, 1.54) is 18.4 Å². The van der Waals surface area contributed by atoms with Crippen LogP contribution in [0.5, 0.6) is 11.5 Å². The monoisotopic (exact) mass is 343 g/mol. The number of ether oxygens (including phenoxy) is 2. The molecule has 2 aromatic rings. The first kappa shape index (κ1) is 16.4. The third-order valence-corrected chi connectivity index (χ3v) is 5.01. The molecule has 2 aliphatic rings. The van der Waals surface area contributed by atoms with Crippen LogP contribution < -0.4 is 14.8 Å². The molecule has 6 nitrogen and oxygen atoms in total. The minimum Gasteiger partial charge on any atom is -0.490 e. The number of hydrogen-bond donors (Lipinski definition) is 1. The molecule has 6 heteroatoms. The maximum absolute atomic E-state index is 5.90. The summed E-state index contributed by atoms with van der Waals surface area (Å²) in [7, 11) is 0. The van der Waals surface area contributed by atoms with E-state index in [2.05, 4.69) is 21.6 Å². The molecule has 1 aliphatic heterocycles. The quantitative estimate of drug-likeness (QED) is 0.900. The Labute approximate surface area is 147 Å². The van der Waals surface area contributed by atoms with Gasteiger partial charge in [-0.25, -0.2) is 0 Å². The van der Waals surface area contributed by atoms with Gasteiger partial charge in [0.25, 0.3) is 0 Å². The lowest BCUT2D eigenvalue weighted by Gasteiger charge is -2.16. The van der Waals surface area contributed by atoms with Crippen molar-refractivity contribution < 1.29 is 13.9 Å². The number of nitrogens with zero attached hydrogens (tertiary/aromatic N) is 2. The minimum absolute atomic E-state index is 0.525. The normalized spacial score (nSPS) is 22.8. The van der Waals surface area contributed by atoms with E-state index in [4.69, 9.17) is 13.9 Å². The van der Waals surface area contributed by atoms with Gasteiger partial charge in [0.2, 0.25) is 11.8 Å². The molecule has 25 heavy (non-hydrogen) atoms. The Balaban J connectivity index is 1.32. The zero-order valence-corrected chi connectivity index (χ0v) is 14.7. The second-order valence-electron chi connectivity index (χ2n) is 6.97. The SMILES string of the molecule is Cc1nnc(C[C@@H]2CC[C@H](NCc3cccc4c3OCCCO4)C2)o1. The molecule has 1 aromatic carbocycles. The van der Waals surface area contributed by atoms with Gasteiger partial charge in [-0.1, -0.05) is 12.1 Å². The minimum atomic E-state index is 0.525. The number of rotatable bonds is 5. The molecule has 1 saturated carbocycles. The standard InChI is InChI=1S/C19H25N3O3/c1-13-21-22-18(25-13)11-14-6-7-16(10-14)20-12-15-4-2-5-17-19(15)24-9-3-8-23-17/h2,4-5,14,16,20H,3,6-12H2,1H3/t14-,16+/m1/s1. The summed E-state index contributed by atoms with van der Waals surface area (Å²) in [4.78, 5) is 0. The molecular weight excluding hydrogens is 318 g/mol. The lowest BCUT2D eigenvalue weighted by atomic mass is 10.0. The number of para-hydroxylation sites is 1. The van der Waals surface area contributed by atoms with Crippen LogP contribution in [0.15, 0.2) is 22.6 Å². The molecule has 0 bridgehead atoms. The zero-order chi connectivity index (χ0) is 17.1. The van der Waals surface area contributed by atoms with Crippen LogP contribution in [0, 0.1) is 12.8 Å². The maximum Gasteiger partial charge on any atom is 0.216 e. The van der Waals surface area contributed by atoms with E-state index in [0.29, 0.717) is 17.9 Å². The van der Waals surface area contributed by atoms with Crippen molar-refractivity contribution in [3.05, 3.63) is 35.5 Å². The molecule has 0 radical (unpaired) electrons. The molecule has 0 saturated heterocycles. The first-order valence-electron chi connectivity index (χ1n) is 9.18. The molecule has 2 heterocycles. The van der Waals surface area contributed by atoms with E-state index in [-0.39, 0.29) is 0 Å². The van der Waals surface area contributed by atoms with E-state index in [1.807, 2.05) is 19.1 Å². The van der Waals surface area contributed by atoms with Crippen molar-refractivity contribution in [2.24, 2.45) is 5.92 Å². The van der Waals surface area contributed by atoms with Crippen molar-refractivity contribution in [3.63, 3.8) is 0 Å². The largest absolute Gasteiger partial charge is 0.490 e. The molecule has 4 rings (SSSR count). The fourth-order valence-corrected chi connectivity index (χ4v) is 3.76. The van der Waals surface area contributed by atoms with Gasteiger partial charge in [0, 0.05) is 37.9 Å². The molecule has 1 aromatic heterocycles. The first-order valence-corrected chi connectivity index (χ1v) is 9.18.